The van der Waals surface area contributed by atoms with Gasteiger partial charge < -0.3 is 0 Å². The summed E-state index contributed by atoms with van der Waals surface area (Å²) in [6, 6.07) is 21.2. The average molecular weight is 395 g/mol. The minimum Gasteiger partial charge on any atom is -0.0622 e. The van der Waals surface area contributed by atoms with E-state index in [1.54, 1.807) is 39.1 Å². The second-order valence-electron chi connectivity index (χ2n) is 6.54. The molecule has 1 heteroatoms. The van der Waals surface area contributed by atoms with Crippen LogP contribution in [0.1, 0.15) is 38.8 Å². The van der Waals surface area contributed by atoms with Crippen LogP contribution in [-0.4, -0.2) is 0 Å². The normalized spacial score (nSPS) is 16.9. The van der Waals surface area contributed by atoms with Crippen molar-refractivity contribution < 1.29 is 24.7 Å². The van der Waals surface area contributed by atoms with E-state index in [0.29, 0.717) is 0 Å². The largest absolute Gasteiger partial charge is 0.0622 e. The van der Waals surface area contributed by atoms with Crippen LogP contribution in [0.15, 0.2) is 80.7 Å². The van der Waals surface area contributed by atoms with Crippen LogP contribution in [0, 0.1) is 5.92 Å². The van der Waals surface area contributed by atoms with Gasteiger partial charge in [0, 0.05) is 0 Å². The smallest absolute Gasteiger partial charge is 0.0238 e. The first-order valence-electron chi connectivity index (χ1n) is 8.68. The first kappa shape index (κ1) is 19.1. The molecule has 0 bridgehead atoms. The van der Waals surface area contributed by atoms with Crippen LogP contribution >= 0.6 is 0 Å². The monoisotopic (exact) mass is 393 g/mol. The Labute approximate surface area is 162 Å². The summed E-state index contributed by atoms with van der Waals surface area (Å²) in [7, 11) is 0. The van der Waals surface area contributed by atoms with Crippen LogP contribution in [0.3, 0.4) is 0 Å². The van der Waals surface area contributed by atoms with Crippen LogP contribution in [0.25, 0.3) is 0 Å². The summed E-state index contributed by atoms with van der Waals surface area (Å²) in [6.07, 6.45) is 2.26. The van der Waals surface area contributed by atoms with Gasteiger partial charge >= 0.3 is 78.3 Å². The van der Waals surface area contributed by atoms with Gasteiger partial charge in [0.05, 0.1) is 0 Å². The van der Waals surface area contributed by atoms with Gasteiger partial charge in [0.1, 0.15) is 0 Å². The predicted molar refractivity (Wildman–Crippen MR) is 101 cm³/mol. The first-order valence-corrected chi connectivity index (χ1v) is 9.91. The van der Waals surface area contributed by atoms with E-state index in [0.717, 1.165) is 18.8 Å². The molecule has 0 aliphatic heterocycles. The van der Waals surface area contributed by atoms with Crippen molar-refractivity contribution in [3.63, 3.8) is 0 Å². The number of aryl methyl sites for hydroxylation is 2. The van der Waals surface area contributed by atoms with E-state index in [4.69, 9.17) is 0 Å². The number of allylic oxidation sites excluding steroid dienone is 4. The average Bonchev–Trinajstić information content (AvgIpc) is 2.80. The molecular formula is C23H27Zr. The Hall–Kier alpha value is -1.20. The van der Waals surface area contributed by atoms with E-state index in [9.17, 15) is 0 Å². The maximum atomic E-state index is 2.30. The molecule has 123 valence electrons. The Morgan fingerprint density at radius 1 is 0.708 bits per heavy atom. The summed E-state index contributed by atoms with van der Waals surface area (Å²) in [5.74, 6) is 0.734. The summed E-state index contributed by atoms with van der Waals surface area (Å²) in [6.45, 7) is 9.03. The molecule has 0 heterocycles. The third-order valence-electron chi connectivity index (χ3n) is 5.03. The first-order chi connectivity index (χ1) is 11.5. The summed E-state index contributed by atoms with van der Waals surface area (Å²) in [5, 5.41) is 0. The molecule has 1 unspecified atom stereocenters. The fourth-order valence-corrected chi connectivity index (χ4v) is 3.93. The van der Waals surface area contributed by atoms with Gasteiger partial charge in [-0.3, -0.25) is 0 Å². The topological polar surface area (TPSA) is 0 Å². The minimum absolute atomic E-state index is 0.734. The Balaban J connectivity index is 0.000000185. The van der Waals surface area contributed by atoms with Crippen LogP contribution in [0.2, 0.25) is 0 Å². The molecule has 0 spiro atoms. The quantitative estimate of drug-likeness (QED) is 0.576. The fourth-order valence-electron chi connectivity index (χ4n) is 2.94. The molecule has 1 aliphatic carbocycles. The van der Waals surface area contributed by atoms with Crippen LogP contribution in [0.4, 0.5) is 0 Å². The molecule has 0 nitrogen and oxygen atoms in total. The molecule has 24 heavy (non-hydrogen) atoms. The molecule has 0 aromatic heterocycles. The minimum atomic E-state index is 0.734. The van der Waals surface area contributed by atoms with Crippen LogP contribution in [0.5, 0.6) is 0 Å². The molecule has 0 saturated heterocycles. The zero-order chi connectivity index (χ0) is 17.5. The van der Waals surface area contributed by atoms with Crippen LogP contribution in [-0.2, 0) is 37.6 Å². The van der Waals surface area contributed by atoms with Crippen molar-refractivity contribution in [1.82, 2.24) is 0 Å². The van der Waals surface area contributed by atoms with Gasteiger partial charge in [0.15, 0.2) is 0 Å². The molecule has 0 saturated carbocycles. The van der Waals surface area contributed by atoms with E-state index in [2.05, 4.69) is 88.4 Å². The van der Waals surface area contributed by atoms with E-state index >= 15 is 0 Å². The zero-order valence-corrected chi connectivity index (χ0v) is 17.7. The molecule has 2 aromatic rings. The molecule has 0 amide bonds. The Bertz CT molecular complexity index is 645. The van der Waals surface area contributed by atoms with Crippen molar-refractivity contribution in [2.24, 2.45) is 5.92 Å². The second-order valence-corrected chi connectivity index (χ2v) is 7.86. The molecule has 1 aliphatic rings. The molecule has 0 fully saturated rings. The third kappa shape index (κ3) is 5.15. The van der Waals surface area contributed by atoms with Gasteiger partial charge in [-0.25, -0.2) is 0 Å². The van der Waals surface area contributed by atoms with Gasteiger partial charge in [-0.15, -0.1) is 0 Å². The van der Waals surface area contributed by atoms with E-state index < -0.39 is 0 Å². The molecule has 3 rings (SSSR count). The standard InChI is InChI=1S/C14H14.C9H13.Zr/c1-3-7-13(8-4-1)11-12-14-9-5-2-6-10-14;1-6-5-7(2)9(4)8(6)3;/h1-10H,11-12H2;6H,1-4H3;. The second kappa shape index (κ2) is 9.33. The van der Waals surface area contributed by atoms with Crippen molar-refractivity contribution in [1.29, 1.82) is 0 Å². The van der Waals surface area contributed by atoms with Gasteiger partial charge in [-0.2, -0.15) is 0 Å². The molecule has 1 atom stereocenters. The van der Waals surface area contributed by atoms with E-state index in [-0.39, 0.29) is 0 Å². The number of rotatable bonds is 3. The SMILES string of the molecule is CC1=C(C)C(C)[C]([Zr])=C1C.c1ccc(CCc2ccccc2)cc1. The van der Waals surface area contributed by atoms with Gasteiger partial charge in [0.25, 0.3) is 0 Å². The summed E-state index contributed by atoms with van der Waals surface area (Å²) < 4.78 is 1.64. The zero-order valence-electron chi connectivity index (χ0n) is 15.3. The predicted octanol–water partition coefficient (Wildman–Crippen LogP) is 6.27. The fraction of sp³-hybridized carbons (Fsp3) is 0.304. The molecular weight excluding hydrogens is 367 g/mol. The van der Waals surface area contributed by atoms with E-state index in [1.165, 1.54) is 16.7 Å². The number of benzene rings is 2. The van der Waals surface area contributed by atoms with E-state index in [1.807, 2.05) is 0 Å². The number of hydrogen-bond acceptors (Lipinski definition) is 0. The molecule has 0 radical (unpaired) electrons. The Morgan fingerprint density at radius 2 is 1.12 bits per heavy atom. The van der Waals surface area contributed by atoms with Crippen molar-refractivity contribution in [2.75, 3.05) is 0 Å². The molecule has 2 aromatic carbocycles. The maximum absolute atomic E-state index is 2.30. The van der Waals surface area contributed by atoms with Crippen molar-refractivity contribution in [2.45, 2.75) is 40.5 Å². The Kier molecular flexibility index (Phi) is 7.44. The Morgan fingerprint density at radius 3 is 1.38 bits per heavy atom. The van der Waals surface area contributed by atoms with Gasteiger partial charge in [-0.1, -0.05) is 60.7 Å². The van der Waals surface area contributed by atoms with Crippen molar-refractivity contribution in [3.8, 4) is 0 Å². The molecule has 0 N–H and O–H groups in total. The van der Waals surface area contributed by atoms with Crippen molar-refractivity contribution in [3.05, 3.63) is 91.8 Å². The third-order valence-corrected chi connectivity index (χ3v) is 7.01. The summed E-state index contributed by atoms with van der Waals surface area (Å²) in [5.41, 5.74) is 7.47. The van der Waals surface area contributed by atoms with Gasteiger partial charge in [0.2, 0.25) is 0 Å². The van der Waals surface area contributed by atoms with Gasteiger partial charge in [-0.05, 0) is 24.0 Å². The number of hydrogen-bond donors (Lipinski definition) is 0. The van der Waals surface area contributed by atoms with Crippen molar-refractivity contribution >= 4 is 0 Å². The van der Waals surface area contributed by atoms with Crippen LogP contribution < -0.4 is 0 Å². The summed E-state index contributed by atoms with van der Waals surface area (Å²) >= 11 is 1.59. The summed E-state index contributed by atoms with van der Waals surface area (Å²) in [4.78, 5) is 0. The maximum Gasteiger partial charge on any atom is -0.0238 e.